The number of carbonyl (C=O) groups excluding carboxylic acids is 1. The summed E-state index contributed by atoms with van der Waals surface area (Å²) < 4.78 is 13.1. The fraction of sp³-hybridized carbons (Fsp3) is 0.381. The van der Waals surface area contributed by atoms with Gasteiger partial charge in [-0.1, -0.05) is 0 Å². The van der Waals surface area contributed by atoms with Crippen LogP contribution in [-0.4, -0.2) is 41.5 Å². The van der Waals surface area contributed by atoms with Crippen LogP contribution in [0.5, 0.6) is 0 Å². The highest BCUT2D eigenvalue weighted by atomic mass is 19.1. The van der Waals surface area contributed by atoms with Gasteiger partial charge < -0.3 is 4.90 Å². The van der Waals surface area contributed by atoms with Crippen LogP contribution in [0.3, 0.4) is 0 Å². The van der Waals surface area contributed by atoms with E-state index in [-0.39, 0.29) is 11.6 Å². The molecule has 26 heavy (non-hydrogen) atoms. The first-order valence-corrected chi connectivity index (χ1v) is 8.90. The predicted molar refractivity (Wildman–Crippen MR) is 101 cm³/mol. The molecule has 0 bridgehead atoms. The van der Waals surface area contributed by atoms with Gasteiger partial charge in [-0.3, -0.25) is 14.8 Å². The van der Waals surface area contributed by atoms with E-state index in [2.05, 4.69) is 21.8 Å². The Bertz CT molecular complexity index is 828. The lowest BCUT2D eigenvalue weighted by Gasteiger charge is -2.18. The van der Waals surface area contributed by atoms with Gasteiger partial charge in [0.05, 0.1) is 12.3 Å². The molecule has 1 aliphatic heterocycles. The van der Waals surface area contributed by atoms with Gasteiger partial charge in [-0.05, 0) is 63.3 Å². The van der Waals surface area contributed by atoms with Gasteiger partial charge >= 0.3 is 0 Å². The van der Waals surface area contributed by atoms with Crippen molar-refractivity contribution in [3.05, 3.63) is 64.7 Å². The number of ketones is 1. The molecule has 3 rings (SSSR count). The average Bonchev–Trinajstić information content (AvgIpc) is 3.03. The zero-order valence-corrected chi connectivity index (χ0v) is 15.5. The molecule has 1 aromatic carbocycles. The Labute approximate surface area is 153 Å². The first-order valence-electron chi connectivity index (χ1n) is 8.90. The Morgan fingerprint density at radius 1 is 1.27 bits per heavy atom. The number of aromatic nitrogens is 1. The summed E-state index contributed by atoms with van der Waals surface area (Å²) in [6, 6.07) is 8.69. The lowest BCUT2D eigenvalue weighted by atomic mass is 10.00. The zero-order valence-electron chi connectivity index (χ0n) is 15.5. The van der Waals surface area contributed by atoms with Crippen LogP contribution >= 0.6 is 0 Å². The topological polar surface area (TPSA) is 45.6 Å². The minimum absolute atomic E-state index is 0.212. The van der Waals surface area contributed by atoms with Gasteiger partial charge in [-0.15, -0.1) is 0 Å². The molecule has 136 valence electrons. The van der Waals surface area contributed by atoms with Gasteiger partial charge in [0.2, 0.25) is 0 Å². The molecule has 0 amide bonds. The van der Waals surface area contributed by atoms with Crippen molar-refractivity contribution in [3.63, 3.8) is 0 Å². The van der Waals surface area contributed by atoms with Crippen LogP contribution in [0.2, 0.25) is 0 Å². The molecule has 1 aliphatic rings. The van der Waals surface area contributed by atoms with Crippen molar-refractivity contribution in [1.29, 1.82) is 0 Å². The van der Waals surface area contributed by atoms with Gasteiger partial charge in [0.15, 0.2) is 0 Å². The van der Waals surface area contributed by atoms with Crippen LogP contribution in [0.1, 0.15) is 42.1 Å². The van der Waals surface area contributed by atoms with E-state index in [1.54, 1.807) is 18.3 Å². The maximum absolute atomic E-state index is 13.1. The van der Waals surface area contributed by atoms with E-state index in [9.17, 15) is 9.18 Å². The molecular formula is C21H24FN3O. The molecule has 0 radical (unpaired) electrons. The monoisotopic (exact) mass is 353 g/mol. The van der Waals surface area contributed by atoms with E-state index in [4.69, 9.17) is 0 Å². The van der Waals surface area contributed by atoms with Gasteiger partial charge in [0.25, 0.3) is 0 Å². The number of halogens is 1. The number of Topliss-reactive ketones (excluding diaryl/α,β-unsaturated/α-hetero) is 1. The number of rotatable bonds is 7. The minimum atomic E-state index is -0.261. The summed E-state index contributed by atoms with van der Waals surface area (Å²) >= 11 is 0. The molecule has 0 saturated heterocycles. The van der Waals surface area contributed by atoms with E-state index in [0.717, 1.165) is 34.5 Å². The highest BCUT2D eigenvalue weighted by Crippen LogP contribution is 2.23. The fourth-order valence-corrected chi connectivity index (χ4v) is 3.01. The van der Waals surface area contributed by atoms with Crippen LogP contribution in [-0.2, 0) is 17.8 Å². The summed E-state index contributed by atoms with van der Waals surface area (Å²) in [5.74, 6) is -0.0491. The molecule has 0 saturated carbocycles. The molecule has 0 aliphatic carbocycles. The molecule has 0 N–H and O–H groups in total. The minimum Gasteiger partial charge on any atom is -0.307 e. The van der Waals surface area contributed by atoms with Gasteiger partial charge in [0, 0.05) is 41.9 Å². The Morgan fingerprint density at radius 3 is 2.69 bits per heavy atom. The maximum atomic E-state index is 13.1. The second-order valence-electron chi connectivity index (χ2n) is 7.07. The first kappa shape index (κ1) is 18.4. The second-order valence-corrected chi connectivity index (χ2v) is 7.07. The van der Waals surface area contributed by atoms with Crippen LogP contribution in [0.15, 0.2) is 41.5 Å². The van der Waals surface area contributed by atoms with E-state index >= 15 is 0 Å². The smallest absolute Gasteiger partial charge is 0.138 e. The molecule has 2 heterocycles. The number of pyridine rings is 1. The van der Waals surface area contributed by atoms with Crippen LogP contribution < -0.4 is 0 Å². The number of hydrogen-bond acceptors (Lipinski definition) is 4. The molecular weight excluding hydrogens is 329 g/mol. The lowest BCUT2D eigenvalue weighted by molar-refractivity contribution is -0.118. The Morgan fingerprint density at radius 2 is 2.00 bits per heavy atom. The second kappa shape index (κ2) is 7.87. The van der Waals surface area contributed by atoms with E-state index in [0.29, 0.717) is 25.4 Å². The SMILES string of the molecule is CC(CCC(=O)Cc1cc2c(cn1)C(c1ccc(F)cc1)=NC2)N(C)C. The Kier molecular flexibility index (Phi) is 5.57. The zero-order chi connectivity index (χ0) is 18.7. The van der Waals surface area contributed by atoms with Crippen molar-refractivity contribution in [2.45, 2.75) is 38.8 Å². The molecule has 2 aromatic rings. The first-order chi connectivity index (χ1) is 12.4. The normalized spacial score (nSPS) is 14.3. The molecule has 0 spiro atoms. The van der Waals surface area contributed by atoms with Crippen molar-refractivity contribution in [1.82, 2.24) is 9.88 Å². The number of aliphatic imine (C=N–C) groups is 1. The summed E-state index contributed by atoms with van der Waals surface area (Å²) in [7, 11) is 4.05. The third-order valence-electron chi connectivity index (χ3n) is 4.93. The Balaban J connectivity index is 1.66. The largest absolute Gasteiger partial charge is 0.307 e. The van der Waals surface area contributed by atoms with Gasteiger partial charge in [-0.25, -0.2) is 4.39 Å². The molecule has 4 nitrogen and oxygen atoms in total. The summed E-state index contributed by atoms with van der Waals surface area (Å²) in [6.45, 7) is 2.69. The summed E-state index contributed by atoms with van der Waals surface area (Å²) in [5, 5.41) is 0. The lowest BCUT2D eigenvalue weighted by Crippen LogP contribution is -2.25. The number of fused-ring (bicyclic) bond motifs is 1. The predicted octanol–water partition coefficient (Wildman–Crippen LogP) is 3.41. The molecule has 1 atom stereocenters. The average molecular weight is 353 g/mol. The molecule has 0 fully saturated rings. The molecule has 5 heteroatoms. The number of benzene rings is 1. The maximum Gasteiger partial charge on any atom is 0.138 e. The van der Waals surface area contributed by atoms with Crippen molar-refractivity contribution in [3.8, 4) is 0 Å². The van der Waals surface area contributed by atoms with Gasteiger partial charge in [-0.2, -0.15) is 0 Å². The summed E-state index contributed by atoms with van der Waals surface area (Å²) in [6.07, 6.45) is 3.57. The van der Waals surface area contributed by atoms with Crippen molar-refractivity contribution < 1.29 is 9.18 Å². The number of nitrogens with zero attached hydrogens (tertiary/aromatic N) is 3. The molecule has 1 aromatic heterocycles. The standard InChI is InChI=1S/C21H24FN3O/c1-14(25(2)3)4-9-19(26)11-18-10-16-12-24-21(20(16)13-23-18)15-5-7-17(22)8-6-15/h5-8,10,13-14H,4,9,11-12H2,1-3H3. The highest BCUT2D eigenvalue weighted by Gasteiger charge is 2.19. The van der Waals surface area contributed by atoms with Crippen molar-refractivity contribution in [2.75, 3.05) is 14.1 Å². The van der Waals surface area contributed by atoms with Crippen molar-refractivity contribution >= 4 is 11.5 Å². The van der Waals surface area contributed by atoms with Crippen LogP contribution in [0, 0.1) is 5.82 Å². The summed E-state index contributed by atoms with van der Waals surface area (Å²) in [5.41, 5.74) is 4.55. The van der Waals surface area contributed by atoms with E-state index in [1.165, 1.54) is 12.1 Å². The van der Waals surface area contributed by atoms with Crippen molar-refractivity contribution in [2.24, 2.45) is 4.99 Å². The van der Waals surface area contributed by atoms with E-state index in [1.807, 2.05) is 20.2 Å². The van der Waals surface area contributed by atoms with Crippen LogP contribution in [0.4, 0.5) is 4.39 Å². The third-order valence-corrected chi connectivity index (χ3v) is 4.93. The van der Waals surface area contributed by atoms with E-state index < -0.39 is 0 Å². The highest BCUT2D eigenvalue weighted by molar-refractivity contribution is 6.14. The van der Waals surface area contributed by atoms with Gasteiger partial charge in [0.1, 0.15) is 11.6 Å². The quantitative estimate of drug-likeness (QED) is 0.766. The number of carbonyl (C=O) groups is 1. The fourth-order valence-electron chi connectivity index (χ4n) is 3.01. The molecule has 1 unspecified atom stereocenters. The van der Waals surface area contributed by atoms with Crippen LogP contribution in [0.25, 0.3) is 0 Å². The number of hydrogen-bond donors (Lipinski definition) is 0. The Hall–Kier alpha value is -2.40. The summed E-state index contributed by atoms with van der Waals surface area (Å²) in [4.78, 5) is 23.4. The third kappa shape index (κ3) is 4.22.